The fourth-order valence-corrected chi connectivity index (χ4v) is 4.64. The number of benzene rings is 2. The van der Waals surface area contributed by atoms with Crippen LogP contribution in [0.4, 0.5) is 16.2 Å². The Morgan fingerprint density at radius 1 is 1.18 bits per heavy atom. The van der Waals surface area contributed by atoms with Gasteiger partial charge in [0.2, 0.25) is 0 Å². The molecule has 0 spiro atoms. The Hall–Kier alpha value is -2.58. The maximum Gasteiger partial charge on any atom is 0.319 e. The third kappa shape index (κ3) is 4.63. The number of carbonyl (C=O) groups is 1. The molecular formula is C20H25N3O4S. The number of fused-ring (bicyclic) bond motifs is 1. The van der Waals surface area contributed by atoms with E-state index in [1.807, 2.05) is 13.0 Å². The molecule has 8 heteroatoms. The first-order chi connectivity index (χ1) is 13.5. The summed E-state index contributed by atoms with van der Waals surface area (Å²) in [5, 5.41) is 5.56. The predicted molar refractivity (Wildman–Crippen MR) is 109 cm³/mol. The summed E-state index contributed by atoms with van der Waals surface area (Å²) in [7, 11) is -3.59. The number of hydrogen-bond donors (Lipinski definition) is 2. The number of sulfonamides is 1. The fraction of sp³-hybridized carbons (Fsp3) is 0.350. The molecule has 0 fully saturated rings. The van der Waals surface area contributed by atoms with Gasteiger partial charge in [-0.2, -0.15) is 0 Å². The predicted octanol–water partition coefficient (Wildman–Crippen LogP) is 2.99. The number of ether oxygens (including phenoxy) is 1. The van der Waals surface area contributed by atoms with Crippen molar-refractivity contribution in [3.63, 3.8) is 0 Å². The summed E-state index contributed by atoms with van der Waals surface area (Å²) in [5.41, 5.74) is 2.19. The van der Waals surface area contributed by atoms with Crippen molar-refractivity contribution in [2.45, 2.75) is 24.7 Å². The molecule has 7 nitrogen and oxygen atoms in total. The maximum absolute atomic E-state index is 12.9. The van der Waals surface area contributed by atoms with Crippen molar-refractivity contribution in [3.8, 4) is 0 Å². The van der Waals surface area contributed by atoms with E-state index in [2.05, 4.69) is 10.6 Å². The van der Waals surface area contributed by atoms with Crippen molar-refractivity contribution in [2.75, 3.05) is 35.9 Å². The van der Waals surface area contributed by atoms with Gasteiger partial charge >= 0.3 is 6.03 Å². The van der Waals surface area contributed by atoms with Crippen LogP contribution in [-0.4, -0.2) is 40.8 Å². The SMILES string of the molecule is CCOCCCNC(=O)Nc1ccc2c(c1)CCN2S(=O)(=O)c1ccccc1. The standard InChI is InChI=1S/C20H25N3O4S/c1-2-27-14-6-12-21-20(24)22-17-9-10-19-16(15-17)11-13-23(19)28(25,26)18-7-4-3-5-8-18/h3-5,7-10,15H,2,6,11-14H2,1H3,(H2,21,22,24). The highest BCUT2D eigenvalue weighted by Gasteiger charge is 2.30. The number of anilines is 2. The second-order valence-electron chi connectivity index (χ2n) is 6.42. The molecule has 2 aromatic carbocycles. The Labute approximate surface area is 165 Å². The van der Waals surface area contributed by atoms with Gasteiger partial charge in [-0.25, -0.2) is 13.2 Å². The van der Waals surface area contributed by atoms with E-state index in [1.54, 1.807) is 42.5 Å². The molecule has 0 aromatic heterocycles. The van der Waals surface area contributed by atoms with E-state index in [9.17, 15) is 13.2 Å². The quantitative estimate of drug-likeness (QED) is 0.664. The van der Waals surface area contributed by atoms with Crippen LogP contribution in [0.3, 0.4) is 0 Å². The average Bonchev–Trinajstić information content (AvgIpc) is 3.12. The molecule has 0 unspecified atom stereocenters. The number of carbonyl (C=O) groups excluding carboxylic acids is 1. The zero-order valence-corrected chi connectivity index (χ0v) is 16.7. The monoisotopic (exact) mass is 403 g/mol. The van der Waals surface area contributed by atoms with E-state index in [4.69, 9.17) is 4.74 Å². The summed E-state index contributed by atoms with van der Waals surface area (Å²) in [4.78, 5) is 12.3. The van der Waals surface area contributed by atoms with Gasteiger partial charge in [-0.05, 0) is 55.7 Å². The molecule has 150 valence electrons. The minimum atomic E-state index is -3.59. The fourth-order valence-electron chi connectivity index (χ4n) is 3.11. The molecule has 2 amide bonds. The largest absolute Gasteiger partial charge is 0.382 e. The summed E-state index contributed by atoms with van der Waals surface area (Å²) in [6, 6.07) is 13.4. The van der Waals surface area contributed by atoms with Crippen molar-refractivity contribution in [1.29, 1.82) is 0 Å². The number of amides is 2. The number of urea groups is 1. The van der Waals surface area contributed by atoms with Crippen LogP contribution in [0.15, 0.2) is 53.4 Å². The second kappa shape index (κ2) is 9.07. The average molecular weight is 404 g/mol. The smallest absolute Gasteiger partial charge is 0.319 e. The Balaban J connectivity index is 1.64. The van der Waals surface area contributed by atoms with Gasteiger partial charge in [-0.1, -0.05) is 18.2 Å². The van der Waals surface area contributed by atoms with Crippen LogP contribution >= 0.6 is 0 Å². The summed E-state index contributed by atoms with van der Waals surface area (Å²) in [6.45, 7) is 4.12. The van der Waals surface area contributed by atoms with Gasteiger partial charge in [0.15, 0.2) is 0 Å². The van der Waals surface area contributed by atoms with Crippen molar-refractivity contribution in [2.24, 2.45) is 0 Å². The van der Waals surface area contributed by atoms with Crippen LogP contribution in [0.2, 0.25) is 0 Å². The van der Waals surface area contributed by atoms with Crippen molar-refractivity contribution >= 4 is 27.4 Å². The molecule has 1 aliphatic heterocycles. The molecule has 0 aliphatic carbocycles. The van der Waals surface area contributed by atoms with Gasteiger partial charge in [0.1, 0.15) is 0 Å². The zero-order valence-electron chi connectivity index (χ0n) is 15.8. The molecule has 2 aromatic rings. The topological polar surface area (TPSA) is 87.7 Å². The molecule has 3 rings (SSSR count). The van der Waals surface area contributed by atoms with Gasteiger partial charge in [-0.3, -0.25) is 4.31 Å². The zero-order chi connectivity index (χ0) is 20.0. The summed E-state index contributed by atoms with van der Waals surface area (Å²) >= 11 is 0. The Morgan fingerprint density at radius 3 is 2.71 bits per heavy atom. The Morgan fingerprint density at radius 2 is 1.96 bits per heavy atom. The number of nitrogens with zero attached hydrogens (tertiary/aromatic N) is 1. The normalized spacial score (nSPS) is 13.2. The molecule has 28 heavy (non-hydrogen) atoms. The maximum atomic E-state index is 12.9. The van der Waals surface area contributed by atoms with Gasteiger partial charge in [0.25, 0.3) is 10.0 Å². The Kier molecular flexibility index (Phi) is 6.53. The third-order valence-electron chi connectivity index (χ3n) is 4.48. The van der Waals surface area contributed by atoms with E-state index < -0.39 is 10.0 Å². The molecule has 0 saturated heterocycles. The molecule has 0 bridgehead atoms. The lowest BCUT2D eigenvalue weighted by Gasteiger charge is -2.19. The lowest BCUT2D eigenvalue weighted by Crippen LogP contribution is -2.30. The molecule has 0 atom stereocenters. The van der Waals surface area contributed by atoms with Crippen LogP contribution in [0.1, 0.15) is 18.9 Å². The molecule has 1 heterocycles. The van der Waals surface area contributed by atoms with Crippen molar-refractivity contribution in [1.82, 2.24) is 5.32 Å². The summed E-state index contributed by atoms with van der Waals surface area (Å²) in [6.07, 6.45) is 1.35. The first-order valence-electron chi connectivity index (χ1n) is 9.35. The molecule has 0 radical (unpaired) electrons. The van der Waals surface area contributed by atoms with E-state index in [0.717, 1.165) is 12.0 Å². The van der Waals surface area contributed by atoms with Gasteiger partial charge < -0.3 is 15.4 Å². The van der Waals surface area contributed by atoms with Crippen LogP contribution in [0, 0.1) is 0 Å². The number of rotatable bonds is 8. The highest BCUT2D eigenvalue weighted by molar-refractivity contribution is 7.92. The van der Waals surface area contributed by atoms with Crippen LogP contribution in [-0.2, 0) is 21.2 Å². The summed E-state index contributed by atoms with van der Waals surface area (Å²) < 4.78 is 32.4. The Bertz CT molecular complexity index is 916. The van der Waals surface area contributed by atoms with Crippen LogP contribution in [0.5, 0.6) is 0 Å². The lowest BCUT2D eigenvalue weighted by atomic mass is 10.1. The molecule has 0 saturated carbocycles. The van der Waals surface area contributed by atoms with Gasteiger partial charge in [0, 0.05) is 32.0 Å². The second-order valence-corrected chi connectivity index (χ2v) is 8.28. The molecule has 2 N–H and O–H groups in total. The van der Waals surface area contributed by atoms with Gasteiger partial charge in [0.05, 0.1) is 10.6 Å². The van der Waals surface area contributed by atoms with E-state index in [1.165, 1.54) is 4.31 Å². The minimum Gasteiger partial charge on any atom is -0.382 e. The van der Waals surface area contributed by atoms with Crippen LogP contribution in [0.25, 0.3) is 0 Å². The highest BCUT2D eigenvalue weighted by atomic mass is 32.2. The highest BCUT2D eigenvalue weighted by Crippen LogP contribution is 2.34. The first-order valence-corrected chi connectivity index (χ1v) is 10.8. The van der Waals surface area contributed by atoms with Gasteiger partial charge in [-0.15, -0.1) is 0 Å². The van der Waals surface area contributed by atoms with Crippen molar-refractivity contribution in [3.05, 3.63) is 54.1 Å². The molecule has 1 aliphatic rings. The van der Waals surface area contributed by atoms with E-state index in [0.29, 0.717) is 44.1 Å². The summed E-state index contributed by atoms with van der Waals surface area (Å²) in [5.74, 6) is 0. The van der Waals surface area contributed by atoms with Crippen molar-refractivity contribution < 1.29 is 17.9 Å². The number of nitrogens with one attached hydrogen (secondary N) is 2. The van der Waals surface area contributed by atoms with E-state index in [-0.39, 0.29) is 10.9 Å². The first kappa shape index (κ1) is 20.2. The number of hydrogen-bond acceptors (Lipinski definition) is 4. The van der Waals surface area contributed by atoms with E-state index >= 15 is 0 Å². The lowest BCUT2D eigenvalue weighted by molar-refractivity contribution is 0.145. The molecular weight excluding hydrogens is 378 g/mol. The van der Waals surface area contributed by atoms with Crippen LogP contribution < -0.4 is 14.9 Å². The third-order valence-corrected chi connectivity index (χ3v) is 6.30. The minimum absolute atomic E-state index is 0.275.